The van der Waals surface area contributed by atoms with Gasteiger partial charge in [-0.1, -0.05) is 0 Å². The van der Waals surface area contributed by atoms with Gasteiger partial charge in [-0.15, -0.1) is 0 Å². The first-order valence-electron chi connectivity index (χ1n) is 7.49. The van der Waals surface area contributed by atoms with Crippen molar-refractivity contribution in [3.63, 3.8) is 0 Å². The summed E-state index contributed by atoms with van der Waals surface area (Å²) in [5, 5.41) is 4.21. The number of aryl methyl sites for hydroxylation is 2. The number of carbonyl (C=O) groups excluding carboxylic acids is 1. The maximum absolute atomic E-state index is 13.3. The highest BCUT2D eigenvalue weighted by Crippen LogP contribution is 2.35. The third-order valence-corrected chi connectivity index (χ3v) is 3.61. The third-order valence-electron chi connectivity index (χ3n) is 3.61. The van der Waals surface area contributed by atoms with Crippen molar-refractivity contribution in [1.29, 1.82) is 0 Å². The molecule has 3 rings (SSSR count). The predicted octanol–water partition coefficient (Wildman–Crippen LogP) is 2.67. The fourth-order valence-electron chi connectivity index (χ4n) is 2.56. The normalized spacial score (nSPS) is 13.0. The molecule has 7 nitrogen and oxygen atoms in total. The van der Waals surface area contributed by atoms with Gasteiger partial charge in [0.25, 0.3) is 0 Å². The van der Waals surface area contributed by atoms with Crippen LogP contribution in [0.4, 0.5) is 13.2 Å². The summed E-state index contributed by atoms with van der Waals surface area (Å²) in [5.41, 5.74) is 5.72. The second kappa shape index (κ2) is 6.28. The molecule has 1 amide bonds. The van der Waals surface area contributed by atoms with E-state index in [2.05, 4.69) is 15.1 Å². The van der Waals surface area contributed by atoms with Crippen molar-refractivity contribution in [3.8, 4) is 17.4 Å². The molecular formula is C16H14F3N5O2. The number of nitrogens with two attached hydrogens (primary N) is 1. The second-order valence-corrected chi connectivity index (χ2v) is 5.67. The second-order valence-electron chi connectivity index (χ2n) is 5.67. The number of hydrogen-bond donors (Lipinski definition) is 1. The minimum atomic E-state index is -4.90. The van der Waals surface area contributed by atoms with Crippen molar-refractivity contribution < 1.29 is 22.4 Å². The molecule has 0 bridgehead atoms. The van der Waals surface area contributed by atoms with Crippen LogP contribution in [0.25, 0.3) is 17.4 Å². The first-order chi connectivity index (χ1) is 12.2. The molecule has 2 N–H and O–H groups in total. The highest BCUT2D eigenvalue weighted by molar-refractivity contribution is 5.82. The van der Waals surface area contributed by atoms with Gasteiger partial charge in [0.2, 0.25) is 5.91 Å². The van der Waals surface area contributed by atoms with Crippen LogP contribution in [0.5, 0.6) is 0 Å². The van der Waals surface area contributed by atoms with Crippen LogP contribution in [0.3, 0.4) is 0 Å². The highest BCUT2D eigenvalue weighted by atomic mass is 19.4. The van der Waals surface area contributed by atoms with Gasteiger partial charge in [-0.25, -0.2) is 14.6 Å². The highest BCUT2D eigenvalue weighted by Gasteiger charge is 2.46. The summed E-state index contributed by atoms with van der Waals surface area (Å²) < 4.78 is 46.6. The van der Waals surface area contributed by atoms with Crippen molar-refractivity contribution >= 4 is 5.91 Å². The molecule has 3 aromatic heterocycles. The van der Waals surface area contributed by atoms with Gasteiger partial charge in [0.05, 0.1) is 17.7 Å². The molecule has 3 aromatic rings. The van der Waals surface area contributed by atoms with E-state index in [0.29, 0.717) is 11.4 Å². The summed E-state index contributed by atoms with van der Waals surface area (Å²) in [6, 6.07) is 5.83. The lowest BCUT2D eigenvalue weighted by atomic mass is 10.0. The maximum atomic E-state index is 13.3. The van der Waals surface area contributed by atoms with E-state index in [4.69, 9.17) is 10.2 Å². The number of alkyl halides is 3. The summed E-state index contributed by atoms with van der Waals surface area (Å²) in [7, 11) is 0. The zero-order valence-electron chi connectivity index (χ0n) is 13.8. The molecule has 1 atom stereocenters. The van der Waals surface area contributed by atoms with Gasteiger partial charge in [-0.2, -0.15) is 18.3 Å². The lowest BCUT2D eigenvalue weighted by Gasteiger charge is -2.17. The summed E-state index contributed by atoms with van der Waals surface area (Å²) >= 11 is 0. The van der Waals surface area contributed by atoms with E-state index in [0.717, 1.165) is 6.07 Å². The molecule has 0 radical (unpaired) electrons. The number of furan rings is 1. The molecule has 136 valence electrons. The summed E-state index contributed by atoms with van der Waals surface area (Å²) in [4.78, 5) is 19.5. The maximum Gasteiger partial charge on any atom is 0.406 e. The van der Waals surface area contributed by atoms with Crippen molar-refractivity contribution in [1.82, 2.24) is 19.7 Å². The van der Waals surface area contributed by atoms with E-state index >= 15 is 0 Å². The first-order valence-corrected chi connectivity index (χ1v) is 7.49. The third kappa shape index (κ3) is 3.30. The number of aromatic nitrogens is 4. The van der Waals surface area contributed by atoms with E-state index in [1.54, 1.807) is 26.0 Å². The van der Waals surface area contributed by atoms with Crippen molar-refractivity contribution in [2.24, 2.45) is 5.73 Å². The smallest absolute Gasteiger partial charge is 0.406 e. The SMILES string of the molecule is Cc1cc(C)n(-c2cc(C(C(N)=O)C(F)(F)F)nc(-c3ccco3)n2)n1. The molecule has 0 fully saturated rings. The van der Waals surface area contributed by atoms with Crippen LogP contribution in [0.2, 0.25) is 0 Å². The fraction of sp³-hybridized carbons (Fsp3) is 0.250. The Morgan fingerprint density at radius 2 is 2.00 bits per heavy atom. The van der Waals surface area contributed by atoms with Gasteiger partial charge >= 0.3 is 6.18 Å². The molecule has 0 aliphatic carbocycles. The quantitative estimate of drug-likeness (QED) is 0.766. The van der Waals surface area contributed by atoms with E-state index in [-0.39, 0.29) is 17.4 Å². The minimum absolute atomic E-state index is 0.0718. The lowest BCUT2D eigenvalue weighted by molar-refractivity contribution is -0.163. The van der Waals surface area contributed by atoms with E-state index in [1.807, 2.05) is 0 Å². The predicted molar refractivity (Wildman–Crippen MR) is 84.3 cm³/mol. The summed E-state index contributed by atoms with van der Waals surface area (Å²) in [5.74, 6) is -4.01. The zero-order valence-corrected chi connectivity index (χ0v) is 13.8. The van der Waals surface area contributed by atoms with Crippen molar-refractivity contribution in [3.05, 3.63) is 47.6 Å². The van der Waals surface area contributed by atoms with Gasteiger partial charge in [0.15, 0.2) is 23.3 Å². The van der Waals surface area contributed by atoms with Gasteiger partial charge in [0, 0.05) is 11.8 Å². The number of amides is 1. The number of halogens is 3. The van der Waals surface area contributed by atoms with Crippen LogP contribution < -0.4 is 5.73 Å². The molecule has 0 saturated heterocycles. The Morgan fingerprint density at radius 3 is 2.50 bits per heavy atom. The van der Waals surface area contributed by atoms with E-state index < -0.39 is 23.7 Å². The number of rotatable bonds is 4. The van der Waals surface area contributed by atoms with Gasteiger partial charge in [0.1, 0.15) is 0 Å². The average molecular weight is 365 g/mol. The van der Waals surface area contributed by atoms with Crippen LogP contribution in [0.15, 0.2) is 34.9 Å². The lowest BCUT2D eigenvalue weighted by Crippen LogP contribution is -2.34. The Kier molecular flexibility index (Phi) is 4.26. The topological polar surface area (TPSA) is 99.8 Å². The Morgan fingerprint density at radius 1 is 1.27 bits per heavy atom. The molecular weight excluding hydrogens is 351 g/mol. The number of nitrogens with zero attached hydrogens (tertiary/aromatic N) is 4. The van der Waals surface area contributed by atoms with Gasteiger partial charge < -0.3 is 10.2 Å². The molecule has 0 saturated carbocycles. The Hall–Kier alpha value is -3.17. The van der Waals surface area contributed by atoms with Crippen LogP contribution in [-0.4, -0.2) is 31.8 Å². The summed E-state index contributed by atoms with van der Waals surface area (Å²) in [6.45, 7) is 3.46. The van der Waals surface area contributed by atoms with Gasteiger partial charge in [-0.3, -0.25) is 4.79 Å². The molecule has 3 heterocycles. The molecule has 0 spiro atoms. The fourth-order valence-corrected chi connectivity index (χ4v) is 2.56. The molecule has 0 aliphatic rings. The van der Waals surface area contributed by atoms with Crippen LogP contribution in [0, 0.1) is 13.8 Å². The largest absolute Gasteiger partial charge is 0.461 e. The Bertz CT molecular complexity index is 947. The monoisotopic (exact) mass is 365 g/mol. The summed E-state index contributed by atoms with van der Waals surface area (Å²) in [6.07, 6.45) is -3.56. The number of primary amides is 1. The van der Waals surface area contributed by atoms with Crippen LogP contribution >= 0.6 is 0 Å². The Balaban J connectivity index is 2.24. The molecule has 10 heteroatoms. The Labute approximate surface area is 145 Å². The van der Waals surface area contributed by atoms with Gasteiger partial charge in [-0.05, 0) is 32.0 Å². The van der Waals surface area contributed by atoms with Crippen LogP contribution in [0.1, 0.15) is 23.0 Å². The standard InChI is InChI=1S/C16H14F3N5O2/c1-8-6-9(2)24(23-8)12-7-10(13(14(20)25)16(17,18)19)21-15(22-12)11-4-3-5-26-11/h3-7,13H,1-2H3,(H2,20,25). The van der Waals surface area contributed by atoms with E-state index in [9.17, 15) is 18.0 Å². The molecule has 1 unspecified atom stereocenters. The number of hydrogen-bond acceptors (Lipinski definition) is 5. The molecule has 0 aliphatic heterocycles. The van der Waals surface area contributed by atoms with Crippen LogP contribution in [-0.2, 0) is 4.79 Å². The zero-order chi connectivity index (χ0) is 19.1. The molecule has 26 heavy (non-hydrogen) atoms. The average Bonchev–Trinajstić information content (AvgIpc) is 3.14. The van der Waals surface area contributed by atoms with Crippen molar-refractivity contribution in [2.45, 2.75) is 25.9 Å². The number of carbonyl (C=O) groups is 1. The molecule has 0 aromatic carbocycles. The minimum Gasteiger partial charge on any atom is -0.461 e. The van der Waals surface area contributed by atoms with E-state index in [1.165, 1.54) is 17.0 Å². The first kappa shape index (κ1) is 17.6. The van der Waals surface area contributed by atoms with Crippen molar-refractivity contribution in [2.75, 3.05) is 0 Å².